The van der Waals surface area contributed by atoms with Crippen LogP contribution in [0.4, 0.5) is 4.79 Å². The molecule has 1 aliphatic rings. The van der Waals surface area contributed by atoms with E-state index in [0.717, 1.165) is 10.5 Å². The number of imide groups is 1. The summed E-state index contributed by atoms with van der Waals surface area (Å²) in [6.45, 7) is 0.0270. The van der Waals surface area contributed by atoms with E-state index in [1.165, 1.54) is 0 Å². The molecule has 1 fully saturated rings. The normalized spacial score (nSPS) is 14.6. The van der Waals surface area contributed by atoms with Crippen molar-refractivity contribution in [1.29, 1.82) is 0 Å². The number of nitrogens with one attached hydrogen (secondary N) is 2. The van der Waals surface area contributed by atoms with Crippen LogP contribution in [0.25, 0.3) is 11.0 Å². The molecule has 0 aliphatic carbocycles. The quantitative estimate of drug-likeness (QED) is 0.725. The molecule has 1 saturated heterocycles. The fourth-order valence-corrected chi connectivity index (χ4v) is 1.98. The molecular formula is C12H11N5O4. The molecule has 3 rings (SSSR count). The first-order valence-electron chi connectivity index (χ1n) is 6.18. The number of nitrogens with zero attached hydrogens (tertiary/aromatic N) is 3. The Balaban J connectivity index is 1.55. The minimum atomic E-state index is -0.551. The first-order valence-corrected chi connectivity index (χ1v) is 6.18. The number of rotatable bonds is 4. The van der Waals surface area contributed by atoms with Crippen LogP contribution in [0, 0.1) is 0 Å². The maximum absolute atomic E-state index is 11.7. The van der Waals surface area contributed by atoms with E-state index in [2.05, 4.69) is 25.6 Å². The third kappa shape index (κ3) is 2.81. The summed E-state index contributed by atoms with van der Waals surface area (Å²) in [4.78, 5) is 35.2. The Morgan fingerprint density at radius 1 is 1.33 bits per heavy atom. The smallest absolute Gasteiger partial charge is 0.325 e. The molecule has 0 unspecified atom stereocenters. The Bertz CT molecular complexity index is 725. The SMILES string of the molecule is O=C(CN1CC(=O)NC1=O)NCc1ccc2nonc2c1. The summed E-state index contributed by atoms with van der Waals surface area (Å²) in [5.74, 6) is -0.755. The highest BCUT2D eigenvalue weighted by molar-refractivity contribution is 6.03. The monoisotopic (exact) mass is 289 g/mol. The second kappa shape index (κ2) is 5.19. The highest BCUT2D eigenvalue weighted by Gasteiger charge is 2.27. The molecule has 9 nitrogen and oxygen atoms in total. The van der Waals surface area contributed by atoms with Crippen LogP contribution in [0.3, 0.4) is 0 Å². The lowest BCUT2D eigenvalue weighted by Crippen LogP contribution is -2.38. The number of carbonyl (C=O) groups excluding carboxylic acids is 3. The zero-order valence-electron chi connectivity index (χ0n) is 10.8. The summed E-state index contributed by atoms with van der Waals surface area (Å²) in [5, 5.41) is 12.2. The van der Waals surface area contributed by atoms with Gasteiger partial charge in [-0.25, -0.2) is 9.42 Å². The molecule has 2 N–H and O–H groups in total. The Morgan fingerprint density at radius 2 is 2.14 bits per heavy atom. The van der Waals surface area contributed by atoms with Crippen LogP contribution in [0.5, 0.6) is 0 Å². The third-order valence-electron chi connectivity index (χ3n) is 3.01. The van der Waals surface area contributed by atoms with Gasteiger partial charge in [0.15, 0.2) is 0 Å². The van der Waals surface area contributed by atoms with Gasteiger partial charge in [0.05, 0.1) is 0 Å². The van der Waals surface area contributed by atoms with Gasteiger partial charge in [0.25, 0.3) is 0 Å². The van der Waals surface area contributed by atoms with Crippen LogP contribution >= 0.6 is 0 Å². The van der Waals surface area contributed by atoms with Gasteiger partial charge in [0.2, 0.25) is 11.8 Å². The van der Waals surface area contributed by atoms with Crippen molar-refractivity contribution in [1.82, 2.24) is 25.8 Å². The first kappa shape index (κ1) is 13.0. The molecule has 0 saturated carbocycles. The highest BCUT2D eigenvalue weighted by Crippen LogP contribution is 2.11. The number of urea groups is 1. The van der Waals surface area contributed by atoms with Gasteiger partial charge in [0.1, 0.15) is 24.1 Å². The van der Waals surface area contributed by atoms with Crippen LogP contribution in [0.1, 0.15) is 5.56 Å². The molecule has 0 bridgehead atoms. The van der Waals surface area contributed by atoms with Gasteiger partial charge in [-0.3, -0.25) is 14.9 Å². The number of amides is 4. The zero-order chi connectivity index (χ0) is 14.8. The topological polar surface area (TPSA) is 117 Å². The second-order valence-corrected chi connectivity index (χ2v) is 4.57. The molecule has 1 aromatic carbocycles. The number of fused-ring (bicyclic) bond motifs is 1. The van der Waals surface area contributed by atoms with E-state index in [4.69, 9.17) is 0 Å². The van der Waals surface area contributed by atoms with Crippen molar-refractivity contribution in [2.24, 2.45) is 0 Å². The van der Waals surface area contributed by atoms with Crippen LogP contribution < -0.4 is 10.6 Å². The molecule has 4 amide bonds. The van der Waals surface area contributed by atoms with Crippen molar-refractivity contribution in [2.75, 3.05) is 13.1 Å². The summed E-state index contributed by atoms with van der Waals surface area (Å²) >= 11 is 0. The number of aromatic nitrogens is 2. The van der Waals surface area contributed by atoms with Crippen molar-refractivity contribution in [3.05, 3.63) is 23.8 Å². The van der Waals surface area contributed by atoms with Crippen molar-refractivity contribution < 1.29 is 19.0 Å². The van der Waals surface area contributed by atoms with Gasteiger partial charge >= 0.3 is 6.03 Å². The number of hydrogen-bond donors (Lipinski definition) is 2. The predicted molar refractivity (Wildman–Crippen MR) is 68.8 cm³/mol. The van der Waals surface area contributed by atoms with E-state index < -0.39 is 11.9 Å². The van der Waals surface area contributed by atoms with E-state index in [1.807, 2.05) is 0 Å². The largest absolute Gasteiger partial charge is 0.350 e. The fourth-order valence-electron chi connectivity index (χ4n) is 1.98. The Morgan fingerprint density at radius 3 is 2.90 bits per heavy atom. The molecule has 0 radical (unpaired) electrons. The van der Waals surface area contributed by atoms with Gasteiger partial charge in [0, 0.05) is 6.54 Å². The van der Waals surface area contributed by atoms with E-state index in [-0.39, 0.29) is 25.5 Å². The minimum Gasteiger partial charge on any atom is -0.350 e. The number of benzene rings is 1. The standard InChI is InChI=1S/C12H11N5O4/c18-10(5-17-6-11(19)14-12(17)20)13-4-7-1-2-8-9(3-7)16-21-15-8/h1-3H,4-6H2,(H,13,18)(H,14,19,20). The summed E-state index contributed by atoms with van der Waals surface area (Å²) in [7, 11) is 0. The Labute approximate surface area is 118 Å². The summed E-state index contributed by atoms with van der Waals surface area (Å²) in [6, 6.07) is 4.72. The van der Waals surface area contributed by atoms with Crippen molar-refractivity contribution >= 4 is 28.9 Å². The second-order valence-electron chi connectivity index (χ2n) is 4.57. The molecule has 0 spiro atoms. The predicted octanol–water partition coefficient (Wildman–Crippen LogP) is -0.609. The van der Waals surface area contributed by atoms with Crippen LogP contribution in [0.15, 0.2) is 22.8 Å². The average Bonchev–Trinajstić information content (AvgIpc) is 3.02. The van der Waals surface area contributed by atoms with Crippen molar-refractivity contribution in [2.45, 2.75) is 6.54 Å². The molecule has 1 aromatic heterocycles. The Hall–Kier alpha value is -2.97. The zero-order valence-corrected chi connectivity index (χ0v) is 10.8. The molecule has 108 valence electrons. The maximum atomic E-state index is 11.7. The Kier molecular flexibility index (Phi) is 3.22. The molecule has 21 heavy (non-hydrogen) atoms. The lowest BCUT2D eigenvalue weighted by molar-refractivity contribution is -0.122. The van der Waals surface area contributed by atoms with Crippen LogP contribution in [0.2, 0.25) is 0 Å². The molecule has 1 aliphatic heterocycles. The van der Waals surface area contributed by atoms with Gasteiger partial charge in [-0.1, -0.05) is 6.07 Å². The molecule has 2 aromatic rings. The van der Waals surface area contributed by atoms with Gasteiger partial charge in [-0.15, -0.1) is 0 Å². The average molecular weight is 289 g/mol. The van der Waals surface area contributed by atoms with E-state index >= 15 is 0 Å². The van der Waals surface area contributed by atoms with Crippen LogP contribution in [-0.4, -0.2) is 46.1 Å². The summed E-state index contributed by atoms with van der Waals surface area (Å²) in [5.41, 5.74) is 2.07. The highest BCUT2D eigenvalue weighted by atomic mass is 16.6. The lowest BCUT2D eigenvalue weighted by Gasteiger charge is -2.12. The first-order chi connectivity index (χ1) is 10.1. The number of carbonyl (C=O) groups is 3. The van der Waals surface area contributed by atoms with E-state index in [1.54, 1.807) is 18.2 Å². The van der Waals surface area contributed by atoms with Crippen molar-refractivity contribution in [3.8, 4) is 0 Å². The van der Waals surface area contributed by atoms with Crippen molar-refractivity contribution in [3.63, 3.8) is 0 Å². The molecular weight excluding hydrogens is 278 g/mol. The van der Waals surface area contributed by atoms with Gasteiger partial charge in [-0.05, 0) is 28.0 Å². The molecule has 0 atom stereocenters. The third-order valence-corrected chi connectivity index (χ3v) is 3.01. The fraction of sp³-hybridized carbons (Fsp3) is 0.250. The summed E-state index contributed by atoms with van der Waals surface area (Å²) < 4.78 is 4.59. The maximum Gasteiger partial charge on any atom is 0.325 e. The van der Waals surface area contributed by atoms with E-state index in [0.29, 0.717) is 11.0 Å². The molecule has 9 heteroatoms. The van der Waals surface area contributed by atoms with Gasteiger partial charge in [-0.2, -0.15) is 0 Å². The number of hydrogen-bond acceptors (Lipinski definition) is 6. The van der Waals surface area contributed by atoms with Crippen LogP contribution in [-0.2, 0) is 16.1 Å². The minimum absolute atomic E-state index is 0.0944. The van der Waals surface area contributed by atoms with Gasteiger partial charge < -0.3 is 10.2 Å². The summed E-state index contributed by atoms with van der Waals surface area (Å²) in [6.07, 6.45) is 0. The molecule has 2 heterocycles. The lowest BCUT2D eigenvalue weighted by atomic mass is 10.2. The van der Waals surface area contributed by atoms with E-state index in [9.17, 15) is 14.4 Å².